The van der Waals surface area contributed by atoms with Gasteiger partial charge in [-0.25, -0.2) is 0 Å². The molecule has 1 aliphatic heterocycles. The maximum Gasteiger partial charge on any atom is 0.0233 e. The van der Waals surface area contributed by atoms with Crippen molar-refractivity contribution in [3.8, 4) is 0 Å². The minimum Gasteiger partial charge on any atom is -0.320 e. The van der Waals surface area contributed by atoms with E-state index in [-0.39, 0.29) is 0 Å². The Kier molecular flexibility index (Phi) is 5.21. The van der Waals surface area contributed by atoms with Crippen LogP contribution in [0.3, 0.4) is 0 Å². The van der Waals surface area contributed by atoms with Crippen LogP contribution in [0, 0.1) is 12.8 Å². The highest BCUT2D eigenvalue weighted by molar-refractivity contribution is 5.21. The lowest BCUT2D eigenvalue weighted by atomic mass is 10.0. The molecule has 0 bridgehead atoms. The van der Waals surface area contributed by atoms with Crippen molar-refractivity contribution in [3.05, 3.63) is 35.4 Å². The molecule has 0 aromatic heterocycles. The standard InChI is InChI=1S/C16H26N2/c1-14-5-7-16(8-6-14)13-18-11-9-15(12-18)4-3-10-17-2/h5-8,15,17H,3-4,9-13H2,1-2H3. The smallest absolute Gasteiger partial charge is 0.0233 e. The minimum atomic E-state index is 0.920. The second kappa shape index (κ2) is 6.91. The highest BCUT2D eigenvalue weighted by Gasteiger charge is 2.21. The SMILES string of the molecule is CNCCCC1CCN(Cc2ccc(C)cc2)C1. The molecular formula is C16H26N2. The van der Waals surface area contributed by atoms with Crippen LogP contribution in [0.15, 0.2) is 24.3 Å². The van der Waals surface area contributed by atoms with Gasteiger partial charge in [0.15, 0.2) is 0 Å². The summed E-state index contributed by atoms with van der Waals surface area (Å²) in [6, 6.07) is 8.97. The summed E-state index contributed by atoms with van der Waals surface area (Å²) in [4.78, 5) is 2.61. The van der Waals surface area contributed by atoms with Crippen LogP contribution in [-0.4, -0.2) is 31.6 Å². The molecule has 0 aliphatic carbocycles. The molecule has 1 aromatic carbocycles. The number of aryl methyl sites for hydroxylation is 1. The van der Waals surface area contributed by atoms with E-state index in [1.54, 1.807) is 0 Å². The fourth-order valence-electron chi connectivity index (χ4n) is 2.81. The van der Waals surface area contributed by atoms with Crippen LogP contribution in [0.5, 0.6) is 0 Å². The summed E-state index contributed by atoms with van der Waals surface area (Å²) < 4.78 is 0. The van der Waals surface area contributed by atoms with Gasteiger partial charge in [0.05, 0.1) is 0 Å². The molecule has 1 heterocycles. The Balaban J connectivity index is 1.73. The van der Waals surface area contributed by atoms with Crippen molar-refractivity contribution >= 4 is 0 Å². The Bertz CT molecular complexity index is 345. The number of hydrogen-bond acceptors (Lipinski definition) is 2. The predicted octanol–water partition coefficient (Wildman–Crippen LogP) is 2.82. The number of rotatable bonds is 6. The molecule has 0 radical (unpaired) electrons. The molecule has 2 rings (SSSR count). The van der Waals surface area contributed by atoms with Gasteiger partial charge in [0, 0.05) is 13.1 Å². The summed E-state index contributed by atoms with van der Waals surface area (Å²) in [6.45, 7) is 7.00. The van der Waals surface area contributed by atoms with Gasteiger partial charge in [0.1, 0.15) is 0 Å². The van der Waals surface area contributed by atoms with E-state index in [1.807, 2.05) is 7.05 Å². The van der Waals surface area contributed by atoms with E-state index < -0.39 is 0 Å². The fourth-order valence-corrected chi connectivity index (χ4v) is 2.81. The van der Waals surface area contributed by atoms with Crippen LogP contribution in [0.4, 0.5) is 0 Å². The minimum absolute atomic E-state index is 0.920. The first kappa shape index (κ1) is 13.6. The molecule has 1 N–H and O–H groups in total. The predicted molar refractivity (Wildman–Crippen MR) is 77.7 cm³/mol. The Hall–Kier alpha value is -0.860. The first-order valence-corrected chi connectivity index (χ1v) is 7.20. The Morgan fingerprint density at radius 2 is 2.06 bits per heavy atom. The number of likely N-dealkylation sites (tertiary alicyclic amines) is 1. The zero-order valence-corrected chi connectivity index (χ0v) is 11.8. The van der Waals surface area contributed by atoms with Crippen LogP contribution >= 0.6 is 0 Å². The van der Waals surface area contributed by atoms with Crippen molar-refractivity contribution < 1.29 is 0 Å². The normalized spacial score (nSPS) is 20.4. The Morgan fingerprint density at radius 1 is 1.28 bits per heavy atom. The van der Waals surface area contributed by atoms with Crippen molar-refractivity contribution in [1.82, 2.24) is 10.2 Å². The van der Waals surface area contributed by atoms with E-state index >= 15 is 0 Å². The topological polar surface area (TPSA) is 15.3 Å². The van der Waals surface area contributed by atoms with Crippen molar-refractivity contribution in [3.63, 3.8) is 0 Å². The number of nitrogens with zero attached hydrogens (tertiary/aromatic N) is 1. The highest BCUT2D eigenvalue weighted by Crippen LogP contribution is 2.22. The van der Waals surface area contributed by atoms with Gasteiger partial charge in [-0.2, -0.15) is 0 Å². The number of nitrogens with one attached hydrogen (secondary N) is 1. The van der Waals surface area contributed by atoms with Gasteiger partial charge >= 0.3 is 0 Å². The molecule has 2 nitrogen and oxygen atoms in total. The summed E-state index contributed by atoms with van der Waals surface area (Å²) in [5.41, 5.74) is 2.81. The molecule has 1 saturated heterocycles. The zero-order valence-electron chi connectivity index (χ0n) is 11.8. The van der Waals surface area contributed by atoms with Crippen LogP contribution in [0.1, 0.15) is 30.4 Å². The molecule has 0 saturated carbocycles. The van der Waals surface area contributed by atoms with Crippen molar-refractivity contribution in [1.29, 1.82) is 0 Å². The van der Waals surface area contributed by atoms with E-state index in [0.29, 0.717) is 0 Å². The first-order valence-electron chi connectivity index (χ1n) is 7.20. The van der Waals surface area contributed by atoms with Crippen LogP contribution in [0.2, 0.25) is 0 Å². The van der Waals surface area contributed by atoms with Crippen LogP contribution in [0.25, 0.3) is 0 Å². The molecule has 1 aromatic rings. The summed E-state index contributed by atoms with van der Waals surface area (Å²) in [5.74, 6) is 0.920. The molecule has 1 fully saturated rings. The number of benzene rings is 1. The lowest BCUT2D eigenvalue weighted by Gasteiger charge is -2.16. The third-order valence-corrected chi connectivity index (χ3v) is 3.94. The summed E-state index contributed by atoms with van der Waals surface area (Å²) in [6.07, 6.45) is 4.08. The maximum atomic E-state index is 3.23. The van der Waals surface area contributed by atoms with E-state index in [2.05, 4.69) is 41.4 Å². The lowest BCUT2D eigenvalue weighted by Crippen LogP contribution is -2.20. The van der Waals surface area contributed by atoms with Gasteiger partial charge in [0.25, 0.3) is 0 Å². The number of hydrogen-bond donors (Lipinski definition) is 1. The Morgan fingerprint density at radius 3 is 2.78 bits per heavy atom. The summed E-state index contributed by atoms with van der Waals surface area (Å²) >= 11 is 0. The molecule has 18 heavy (non-hydrogen) atoms. The van der Waals surface area contributed by atoms with E-state index in [1.165, 1.54) is 43.5 Å². The van der Waals surface area contributed by atoms with Gasteiger partial charge in [-0.05, 0) is 57.8 Å². The molecule has 1 aliphatic rings. The lowest BCUT2D eigenvalue weighted by molar-refractivity contribution is 0.312. The quantitative estimate of drug-likeness (QED) is 0.777. The molecule has 2 heteroatoms. The second-order valence-electron chi connectivity index (χ2n) is 5.62. The van der Waals surface area contributed by atoms with Crippen LogP contribution < -0.4 is 5.32 Å². The molecular weight excluding hydrogens is 220 g/mol. The fraction of sp³-hybridized carbons (Fsp3) is 0.625. The molecule has 0 spiro atoms. The highest BCUT2D eigenvalue weighted by atomic mass is 15.1. The van der Waals surface area contributed by atoms with Crippen LogP contribution in [-0.2, 0) is 6.54 Å². The average molecular weight is 246 g/mol. The maximum absolute atomic E-state index is 3.23. The van der Waals surface area contributed by atoms with Gasteiger partial charge < -0.3 is 5.32 Å². The van der Waals surface area contributed by atoms with Gasteiger partial charge in [-0.1, -0.05) is 29.8 Å². The largest absolute Gasteiger partial charge is 0.320 e. The molecule has 1 atom stereocenters. The van der Waals surface area contributed by atoms with Crippen molar-refractivity contribution in [2.24, 2.45) is 5.92 Å². The second-order valence-corrected chi connectivity index (χ2v) is 5.62. The van der Waals surface area contributed by atoms with Crippen molar-refractivity contribution in [2.75, 3.05) is 26.7 Å². The monoisotopic (exact) mass is 246 g/mol. The van der Waals surface area contributed by atoms with E-state index in [9.17, 15) is 0 Å². The molecule has 0 amide bonds. The average Bonchev–Trinajstić information content (AvgIpc) is 2.80. The zero-order chi connectivity index (χ0) is 12.8. The third-order valence-electron chi connectivity index (χ3n) is 3.94. The third kappa shape index (κ3) is 4.11. The van der Waals surface area contributed by atoms with Gasteiger partial charge in [-0.3, -0.25) is 4.90 Å². The Labute approximate surface area is 111 Å². The molecule has 100 valence electrons. The first-order chi connectivity index (χ1) is 8.78. The van der Waals surface area contributed by atoms with Crippen molar-refractivity contribution in [2.45, 2.75) is 32.7 Å². The van der Waals surface area contributed by atoms with Gasteiger partial charge in [0.2, 0.25) is 0 Å². The molecule has 1 unspecified atom stereocenters. The van der Waals surface area contributed by atoms with E-state index in [4.69, 9.17) is 0 Å². The van der Waals surface area contributed by atoms with E-state index in [0.717, 1.165) is 19.0 Å². The summed E-state index contributed by atoms with van der Waals surface area (Å²) in [7, 11) is 2.04. The summed E-state index contributed by atoms with van der Waals surface area (Å²) in [5, 5.41) is 3.23. The van der Waals surface area contributed by atoms with Gasteiger partial charge in [-0.15, -0.1) is 0 Å².